The topological polar surface area (TPSA) is 46.6 Å². The van der Waals surface area contributed by atoms with Crippen molar-refractivity contribution in [2.45, 2.75) is 33.1 Å². The van der Waals surface area contributed by atoms with Crippen LogP contribution < -0.4 is 0 Å². The number of benzene rings is 1. The van der Waals surface area contributed by atoms with Crippen LogP contribution >= 0.6 is 0 Å². The second kappa shape index (κ2) is 6.95. The van der Waals surface area contributed by atoms with Crippen LogP contribution in [0.4, 0.5) is 0 Å². The Balaban J connectivity index is 1.95. The Morgan fingerprint density at radius 1 is 1.18 bits per heavy atom. The van der Waals surface area contributed by atoms with Crippen molar-refractivity contribution in [3.05, 3.63) is 35.9 Å². The molecule has 1 amide bonds. The Kier molecular flexibility index (Phi) is 5.22. The van der Waals surface area contributed by atoms with Crippen molar-refractivity contribution < 1.29 is 14.3 Å². The van der Waals surface area contributed by atoms with Crippen molar-refractivity contribution >= 4 is 11.9 Å². The second-order valence-electron chi connectivity index (χ2n) is 6.64. The van der Waals surface area contributed by atoms with Gasteiger partial charge in [-0.1, -0.05) is 44.2 Å². The molecular formula is C18H25NO3. The number of nitrogens with zero attached hydrogens (tertiary/aromatic N) is 1. The zero-order chi connectivity index (χ0) is 16.2. The summed E-state index contributed by atoms with van der Waals surface area (Å²) in [4.78, 5) is 26.2. The van der Waals surface area contributed by atoms with Gasteiger partial charge in [0.25, 0.3) is 0 Å². The molecule has 1 aromatic carbocycles. The number of piperidine rings is 1. The molecule has 120 valence electrons. The van der Waals surface area contributed by atoms with E-state index in [0.717, 1.165) is 6.42 Å². The molecule has 0 atom stereocenters. The summed E-state index contributed by atoms with van der Waals surface area (Å²) in [5.41, 5.74) is 0.740. The monoisotopic (exact) mass is 303 g/mol. The van der Waals surface area contributed by atoms with Gasteiger partial charge in [-0.15, -0.1) is 0 Å². The van der Waals surface area contributed by atoms with E-state index in [1.165, 1.54) is 12.7 Å². The van der Waals surface area contributed by atoms with Crippen molar-refractivity contribution in [1.29, 1.82) is 0 Å². The van der Waals surface area contributed by atoms with Gasteiger partial charge in [0.2, 0.25) is 5.91 Å². The van der Waals surface area contributed by atoms with E-state index in [-0.39, 0.29) is 17.8 Å². The van der Waals surface area contributed by atoms with Crippen molar-refractivity contribution in [1.82, 2.24) is 4.90 Å². The number of likely N-dealkylation sites (tertiary alicyclic amines) is 1. The predicted octanol–water partition coefficient (Wildman–Crippen LogP) is 2.67. The highest BCUT2D eigenvalue weighted by molar-refractivity contribution is 5.82. The second-order valence-corrected chi connectivity index (χ2v) is 6.64. The maximum absolute atomic E-state index is 12.8. The summed E-state index contributed by atoms with van der Waals surface area (Å²) in [5.74, 6) is -0.0541. The maximum atomic E-state index is 12.8. The molecule has 0 aromatic heterocycles. The van der Waals surface area contributed by atoms with E-state index in [0.29, 0.717) is 25.9 Å². The zero-order valence-electron chi connectivity index (χ0n) is 13.7. The molecule has 0 spiro atoms. The Bertz CT molecular complexity index is 516. The van der Waals surface area contributed by atoms with Crippen LogP contribution in [-0.4, -0.2) is 37.0 Å². The van der Waals surface area contributed by atoms with E-state index in [9.17, 15) is 9.59 Å². The molecule has 1 heterocycles. The quantitative estimate of drug-likeness (QED) is 0.803. The van der Waals surface area contributed by atoms with Gasteiger partial charge in [0.1, 0.15) is 0 Å². The first kappa shape index (κ1) is 16.5. The van der Waals surface area contributed by atoms with E-state index < -0.39 is 5.41 Å². The Morgan fingerprint density at radius 2 is 1.77 bits per heavy atom. The van der Waals surface area contributed by atoms with Crippen LogP contribution in [0.25, 0.3) is 0 Å². The molecule has 0 radical (unpaired) electrons. The average molecular weight is 303 g/mol. The van der Waals surface area contributed by atoms with Crippen LogP contribution in [0.2, 0.25) is 0 Å². The number of carbonyl (C=O) groups excluding carboxylic acids is 2. The lowest BCUT2D eigenvalue weighted by Gasteiger charge is -2.36. The molecule has 2 rings (SSSR count). The Morgan fingerprint density at radius 3 is 2.32 bits per heavy atom. The highest BCUT2D eigenvalue weighted by Gasteiger charge is 2.35. The fourth-order valence-electron chi connectivity index (χ4n) is 3.09. The minimum absolute atomic E-state index is 0.0636. The lowest BCUT2D eigenvalue weighted by atomic mass is 9.83. The number of amides is 1. The SMILES string of the molecule is COC(=O)C1CCN(C(=O)C(C)(C)Cc2ccccc2)CC1. The summed E-state index contributed by atoms with van der Waals surface area (Å²) < 4.78 is 4.79. The predicted molar refractivity (Wildman–Crippen MR) is 85.2 cm³/mol. The zero-order valence-corrected chi connectivity index (χ0v) is 13.7. The van der Waals surface area contributed by atoms with Gasteiger partial charge in [-0.05, 0) is 24.8 Å². The first-order chi connectivity index (χ1) is 10.4. The number of hydrogen-bond acceptors (Lipinski definition) is 3. The molecule has 0 saturated carbocycles. The molecule has 1 aromatic rings. The minimum atomic E-state index is -0.431. The normalized spacial score (nSPS) is 16.4. The number of methoxy groups -OCH3 is 1. The highest BCUT2D eigenvalue weighted by atomic mass is 16.5. The van der Waals surface area contributed by atoms with Gasteiger partial charge in [-0.2, -0.15) is 0 Å². The van der Waals surface area contributed by atoms with Crippen LogP contribution in [0.3, 0.4) is 0 Å². The van der Waals surface area contributed by atoms with Crippen LogP contribution in [0, 0.1) is 11.3 Å². The molecular weight excluding hydrogens is 278 g/mol. The van der Waals surface area contributed by atoms with Crippen LogP contribution in [0.1, 0.15) is 32.3 Å². The van der Waals surface area contributed by atoms with Gasteiger partial charge in [0.15, 0.2) is 0 Å². The molecule has 1 saturated heterocycles. The number of hydrogen-bond donors (Lipinski definition) is 0. The van der Waals surface area contributed by atoms with Crippen molar-refractivity contribution in [3.8, 4) is 0 Å². The van der Waals surface area contributed by atoms with Crippen molar-refractivity contribution in [2.75, 3.05) is 20.2 Å². The molecule has 0 N–H and O–H groups in total. The molecule has 0 aliphatic carbocycles. The number of rotatable bonds is 4. The number of ether oxygens (including phenoxy) is 1. The van der Waals surface area contributed by atoms with Gasteiger partial charge < -0.3 is 9.64 Å². The lowest BCUT2D eigenvalue weighted by molar-refractivity contribution is -0.150. The summed E-state index contributed by atoms with van der Waals surface area (Å²) >= 11 is 0. The fourth-order valence-corrected chi connectivity index (χ4v) is 3.09. The maximum Gasteiger partial charge on any atom is 0.308 e. The van der Waals surface area contributed by atoms with Crippen LogP contribution in [0.15, 0.2) is 30.3 Å². The molecule has 22 heavy (non-hydrogen) atoms. The van der Waals surface area contributed by atoms with Gasteiger partial charge in [0, 0.05) is 18.5 Å². The molecule has 4 nitrogen and oxygen atoms in total. The fraction of sp³-hybridized carbons (Fsp3) is 0.556. The summed E-state index contributed by atoms with van der Waals surface area (Å²) in [6.07, 6.45) is 2.11. The summed E-state index contributed by atoms with van der Waals surface area (Å²) in [7, 11) is 1.42. The van der Waals surface area contributed by atoms with E-state index in [4.69, 9.17) is 4.74 Å². The lowest BCUT2D eigenvalue weighted by Crippen LogP contribution is -2.46. The third-order valence-electron chi connectivity index (χ3n) is 4.38. The summed E-state index contributed by atoms with van der Waals surface area (Å²) in [5, 5.41) is 0. The molecule has 1 fully saturated rings. The van der Waals surface area contributed by atoms with Gasteiger partial charge in [-0.3, -0.25) is 9.59 Å². The van der Waals surface area contributed by atoms with Gasteiger partial charge in [-0.25, -0.2) is 0 Å². The first-order valence-corrected chi connectivity index (χ1v) is 7.85. The number of carbonyl (C=O) groups is 2. The van der Waals surface area contributed by atoms with E-state index in [2.05, 4.69) is 12.1 Å². The van der Waals surface area contributed by atoms with E-state index in [1.54, 1.807) is 0 Å². The molecule has 1 aliphatic rings. The van der Waals surface area contributed by atoms with Crippen LogP contribution in [-0.2, 0) is 20.7 Å². The van der Waals surface area contributed by atoms with E-state index in [1.807, 2.05) is 36.9 Å². The standard InChI is InChI=1S/C18H25NO3/c1-18(2,13-14-7-5-4-6-8-14)17(21)19-11-9-15(10-12-19)16(20)22-3/h4-8,15H,9-13H2,1-3H3. The van der Waals surface area contributed by atoms with Gasteiger partial charge >= 0.3 is 5.97 Å². The largest absolute Gasteiger partial charge is 0.469 e. The molecule has 1 aliphatic heterocycles. The Hall–Kier alpha value is -1.84. The van der Waals surface area contributed by atoms with Crippen molar-refractivity contribution in [3.63, 3.8) is 0 Å². The average Bonchev–Trinajstić information content (AvgIpc) is 2.54. The molecule has 0 unspecified atom stereocenters. The summed E-state index contributed by atoms with van der Waals surface area (Å²) in [6.45, 7) is 5.26. The van der Waals surface area contributed by atoms with Crippen LogP contribution in [0.5, 0.6) is 0 Å². The number of esters is 1. The summed E-state index contributed by atoms with van der Waals surface area (Å²) in [6, 6.07) is 10.1. The smallest absolute Gasteiger partial charge is 0.308 e. The van der Waals surface area contributed by atoms with Gasteiger partial charge in [0.05, 0.1) is 13.0 Å². The minimum Gasteiger partial charge on any atom is -0.469 e. The highest BCUT2D eigenvalue weighted by Crippen LogP contribution is 2.28. The first-order valence-electron chi connectivity index (χ1n) is 7.85. The van der Waals surface area contributed by atoms with E-state index >= 15 is 0 Å². The van der Waals surface area contributed by atoms with Crippen molar-refractivity contribution in [2.24, 2.45) is 11.3 Å². The third-order valence-corrected chi connectivity index (χ3v) is 4.38. The molecule has 0 bridgehead atoms. The molecule has 4 heteroatoms. The Labute approximate surface area is 132 Å². The third kappa shape index (κ3) is 3.87.